The summed E-state index contributed by atoms with van der Waals surface area (Å²) in [6.07, 6.45) is -1.78. The minimum atomic E-state index is -4.13. The molecule has 1 atom stereocenters. The van der Waals surface area contributed by atoms with Crippen LogP contribution >= 0.6 is 0 Å². The van der Waals surface area contributed by atoms with Gasteiger partial charge < -0.3 is 4.74 Å². The number of alkyl halides is 3. The van der Waals surface area contributed by atoms with Crippen molar-refractivity contribution < 1.29 is 22.7 Å². The largest absolute Gasteiger partial charge is 0.466 e. The molecule has 1 heterocycles. The SMILES string of the molecule is COC(=O)C(C)=CCN1CCCC(C(F)(F)F)C1. The van der Waals surface area contributed by atoms with E-state index in [1.165, 1.54) is 7.11 Å². The molecule has 0 aliphatic carbocycles. The maximum atomic E-state index is 12.6. The lowest BCUT2D eigenvalue weighted by molar-refractivity contribution is -0.186. The summed E-state index contributed by atoms with van der Waals surface area (Å²) in [5.41, 5.74) is 0.423. The molecule has 0 aromatic heterocycles. The Morgan fingerprint density at radius 3 is 2.72 bits per heavy atom. The van der Waals surface area contributed by atoms with Gasteiger partial charge in [-0.1, -0.05) is 6.08 Å². The molecule has 1 aliphatic rings. The first-order valence-corrected chi connectivity index (χ1v) is 5.88. The number of hydrogen-bond donors (Lipinski definition) is 0. The third kappa shape index (κ3) is 4.33. The molecule has 0 aromatic carbocycles. The number of carbonyl (C=O) groups is 1. The Hall–Kier alpha value is -1.04. The first-order chi connectivity index (χ1) is 8.34. The van der Waals surface area contributed by atoms with E-state index in [9.17, 15) is 18.0 Å². The van der Waals surface area contributed by atoms with Crippen molar-refractivity contribution in [2.75, 3.05) is 26.7 Å². The van der Waals surface area contributed by atoms with Gasteiger partial charge in [-0.15, -0.1) is 0 Å². The Kier molecular flexibility index (Phi) is 5.19. The van der Waals surface area contributed by atoms with E-state index >= 15 is 0 Å². The van der Waals surface area contributed by atoms with Crippen LogP contribution in [0.15, 0.2) is 11.6 Å². The lowest BCUT2D eigenvalue weighted by Gasteiger charge is -2.33. The summed E-state index contributed by atoms with van der Waals surface area (Å²) in [5, 5.41) is 0. The lowest BCUT2D eigenvalue weighted by atomic mass is 9.97. The number of halogens is 3. The lowest BCUT2D eigenvalue weighted by Crippen LogP contribution is -2.41. The minimum absolute atomic E-state index is 0.00839. The predicted octanol–water partition coefficient (Wildman–Crippen LogP) is 2.38. The second kappa shape index (κ2) is 6.22. The average molecular weight is 265 g/mol. The quantitative estimate of drug-likeness (QED) is 0.579. The van der Waals surface area contributed by atoms with Gasteiger partial charge in [0.15, 0.2) is 0 Å². The van der Waals surface area contributed by atoms with Crippen LogP contribution in [-0.4, -0.2) is 43.8 Å². The van der Waals surface area contributed by atoms with Crippen LogP contribution in [0, 0.1) is 5.92 Å². The highest BCUT2D eigenvalue weighted by Gasteiger charge is 2.41. The van der Waals surface area contributed by atoms with Gasteiger partial charge in [-0.25, -0.2) is 4.79 Å². The summed E-state index contributed by atoms with van der Waals surface area (Å²) in [6.45, 7) is 2.59. The van der Waals surface area contributed by atoms with E-state index in [1.54, 1.807) is 17.9 Å². The van der Waals surface area contributed by atoms with E-state index in [2.05, 4.69) is 4.74 Å². The molecule has 1 aliphatic heterocycles. The Bertz CT molecular complexity index is 326. The molecular weight excluding hydrogens is 247 g/mol. The highest BCUT2D eigenvalue weighted by atomic mass is 19.4. The van der Waals surface area contributed by atoms with Crippen molar-refractivity contribution in [3.8, 4) is 0 Å². The van der Waals surface area contributed by atoms with Crippen LogP contribution < -0.4 is 0 Å². The van der Waals surface area contributed by atoms with Crippen LogP contribution in [0.1, 0.15) is 19.8 Å². The molecule has 18 heavy (non-hydrogen) atoms. The van der Waals surface area contributed by atoms with Gasteiger partial charge in [0.1, 0.15) is 0 Å². The van der Waals surface area contributed by atoms with Crippen LogP contribution in [0.3, 0.4) is 0 Å². The second-order valence-electron chi connectivity index (χ2n) is 4.52. The van der Waals surface area contributed by atoms with E-state index in [4.69, 9.17) is 0 Å². The smallest absolute Gasteiger partial charge is 0.393 e. The Morgan fingerprint density at radius 2 is 2.17 bits per heavy atom. The summed E-state index contributed by atoms with van der Waals surface area (Å²) in [4.78, 5) is 12.8. The van der Waals surface area contributed by atoms with Gasteiger partial charge in [0.25, 0.3) is 0 Å². The topological polar surface area (TPSA) is 29.5 Å². The first kappa shape index (κ1) is 15.0. The van der Waals surface area contributed by atoms with E-state index in [0.29, 0.717) is 25.1 Å². The molecule has 0 spiro atoms. The maximum absolute atomic E-state index is 12.6. The molecule has 0 N–H and O–H groups in total. The summed E-state index contributed by atoms with van der Waals surface area (Å²) in [5.74, 6) is -1.70. The maximum Gasteiger partial charge on any atom is 0.393 e. The highest BCUT2D eigenvalue weighted by molar-refractivity contribution is 5.87. The summed E-state index contributed by atoms with van der Waals surface area (Å²) in [7, 11) is 1.28. The number of likely N-dealkylation sites (tertiary alicyclic amines) is 1. The molecule has 3 nitrogen and oxygen atoms in total. The van der Waals surface area contributed by atoms with Crippen molar-refractivity contribution in [2.24, 2.45) is 5.92 Å². The second-order valence-corrected chi connectivity index (χ2v) is 4.52. The molecule has 0 saturated carbocycles. The molecule has 0 radical (unpaired) electrons. The van der Waals surface area contributed by atoms with E-state index in [0.717, 1.165) is 0 Å². The molecule has 0 amide bonds. The van der Waals surface area contributed by atoms with Crippen molar-refractivity contribution in [2.45, 2.75) is 25.9 Å². The molecule has 1 saturated heterocycles. The molecule has 104 valence electrons. The molecule has 1 rings (SSSR count). The first-order valence-electron chi connectivity index (χ1n) is 5.88. The summed E-state index contributed by atoms with van der Waals surface area (Å²) < 4.78 is 42.3. The third-order valence-electron chi connectivity index (χ3n) is 3.13. The van der Waals surface area contributed by atoms with Crippen LogP contribution in [0.2, 0.25) is 0 Å². The molecular formula is C12H18F3NO2. The van der Waals surface area contributed by atoms with Crippen molar-refractivity contribution in [3.05, 3.63) is 11.6 Å². The Morgan fingerprint density at radius 1 is 1.50 bits per heavy atom. The van der Waals surface area contributed by atoms with Crippen molar-refractivity contribution >= 4 is 5.97 Å². The average Bonchev–Trinajstić information content (AvgIpc) is 2.34. The number of rotatable bonds is 3. The zero-order valence-electron chi connectivity index (χ0n) is 10.6. The fourth-order valence-corrected chi connectivity index (χ4v) is 2.00. The van der Waals surface area contributed by atoms with Crippen LogP contribution in [0.5, 0.6) is 0 Å². The number of nitrogens with zero attached hydrogens (tertiary/aromatic N) is 1. The Balaban J connectivity index is 2.51. The van der Waals surface area contributed by atoms with Gasteiger partial charge in [-0.3, -0.25) is 4.90 Å². The Labute approximate surface area is 105 Å². The molecule has 0 aromatic rings. The molecule has 0 bridgehead atoms. The normalized spacial score (nSPS) is 22.9. The zero-order chi connectivity index (χ0) is 13.8. The van der Waals surface area contributed by atoms with Gasteiger partial charge in [0.2, 0.25) is 0 Å². The van der Waals surface area contributed by atoms with Crippen molar-refractivity contribution in [1.29, 1.82) is 0 Å². The summed E-state index contributed by atoms with van der Waals surface area (Å²) >= 11 is 0. The van der Waals surface area contributed by atoms with Crippen molar-refractivity contribution in [3.63, 3.8) is 0 Å². The van der Waals surface area contributed by atoms with Gasteiger partial charge >= 0.3 is 12.1 Å². The predicted molar refractivity (Wildman–Crippen MR) is 61.0 cm³/mol. The zero-order valence-corrected chi connectivity index (χ0v) is 10.6. The number of hydrogen-bond acceptors (Lipinski definition) is 3. The number of ether oxygens (including phenoxy) is 1. The van der Waals surface area contributed by atoms with E-state index in [-0.39, 0.29) is 13.0 Å². The summed E-state index contributed by atoms with van der Waals surface area (Å²) in [6, 6.07) is 0. The minimum Gasteiger partial charge on any atom is -0.466 e. The standard InChI is InChI=1S/C12H18F3NO2/c1-9(11(17)18-2)5-7-16-6-3-4-10(8-16)12(13,14)15/h5,10H,3-4,6-8H2,1-2H3. The molecule has 6 heteroatoms. The molecule has 1 unspecified atom stereocenters. The molecule has 1 fully saturated rings. The van der Waals surface area contributed by atoms with Crippen LogP contribution in [0.25, 0.3) is 0 Å². The van der Waals surface area contributed by atoms with Crippen LogP contribution in [-0.2, 0) is 9.53 Å². The fraction of sp³-hybridized carbons (Fsp3) is 0.750. The number of esters is 1. The number of piperidine rings is 1. The van der Waals surface area contributed by atoms with Gasteiger partial charge in [0.05, 0.1) is 13.0 Å². The third-order valence-corrected chi connectivity index (χ3v) is 3.13. The number of methoxy groups -OCH3 is 1. The van der Waals surface area contributed by atoms with E-state index in [1.807, 2.05) is 0 Å². The van der Waals surface area contributed by atoms with E-state index < -0.39 is 18.1 Å². The van der Waals surface area contributed by atoms with Crippen LogP contribution in [0.4, 0.5) is 13.2 Å². The van der Waals surface area contributed by atoms with Gasteiger partial charge in [0, 0.05) is 18.7 Å². The highest BCUT2D eigenvalue weighted by Crippen LogP contribution is 2.32. The van der Waals surface area contributed by atoms with Gasteiger partial charge in [-0.05, 0) is 26.3 Å². The number of carbonyl (C=O) groups excluding carboxylic acids is 1. The fourth-order valence-electron chi connectivity index (χ4n) is 2.00. The van der Waals surface area contributed by atoms with Gasteiger partial charge in [-0.2, -0.15) is 13.2 Å². The van der Waals surface area contributed by atoms with Crippen molar-refractivity contribution in [1.82, 2.24) is 4.90 Å². The monoisotopic (exact) mass is 265 g/mol.